The normalized spacial score (nSPS) is 9.29. The molecule has 0 spiro atoms. The molecule has 4 heteroatoms. The van der Waals surface area contributed by atoms with Gasteiger partial charge in [0.1, 0.15) is 0 Å². The van der Waals surface area contributed by atoms with Crippen molar-refractivity contribution in [3.05, 3.63) is 45.3 Å². The molecule has 1 aromatic carbocycles. The van der Waals surface area contributed by atoms with Crippen molar-refractivity contribution < 1.29 is 4.79 Å². The van der Waals surface area contributed by atoms with Crippen LogP contribution in [-0.4, -0.2) is 12.3 Å². The van der Waals surface area contributed by atoms with Crippen LogP contribution < -0.4 is 0 Å². The molecular weight excluding hydrogens is 178 g/mol. The van der Waals surface area contributed by atoms with E-state index in [1.54, 1.807) is 6.07 Å². The van der Waals surface area contributed by atoms with E-state index in [4.69, 9.17) is 5.53 Å². The highest BCUT2D eigenvalue weighted by Gasteiger charge is 2.04. The van der Waals surface area contributed by atoms with Crippen LogP contribution in [0, 0.1) is 13.8 Å². The number of hydrogen-bond donors (Lipinski definition) is 0. The first-order chi connectivity index (χ1) is 6.65. The van der Waals surface area contributed by atoms with Gasteiger partial charge in [-0.05, 0) is 36.6 Å². The number of ketones is 1. The average molecular weight is 189 g/mol. The fraction of sp³-hybridized carbons (Fsp3) is 0.300. The predicted octanol–water partition coefficient (Wildman–Crippen LogP) is 2.80. The van der Waals surface area contributed by atoms with Gasteiger partial charge in [-0.1, -0.05) is 17.2 Å². The summed E-state index contributed by atoms with van der Waals surface area (Å²) in [5.74, 6) is -0.147. The molecule has 0 aliphatic heterocycles. The molecule has 0 aliphatic carbocycles. The molecule has 0 aromatic heterocycles. The SMILES string of the molecule is Cc1ccc(C(=O)CN=[N+]=[N-])cc1C. The van der Waals surface area contributed by atoms with E-state index in [9.17, 15) is 4.79 Å². The third-order valence-electron chi connectivity index (χ3n) is 2.11. The van der Waals surface area contributed by atoms with Crippen LogP contribution in [-0.2, 0) is 0 Å². The minimum absolute atomic E-state index is 0.112. The second kappa shape index (κ2) is 4.44. The Morgan fingerprint density at radius 3 is 2.71 bits per heavy atom. The van der Waals surface area contributed by atoms with Crippen molar-refractivity contribution in [1.82, 2.24) is 0 Å². The van der Waals surface area contributed by atoms with Crippen molar-refractivity contribution in [2.75, 3.05) is 6.54 Å². The molecule has 0 N–H and O–H groups in total. The van der Waals surface area contributed by atoms with E-state index in [0.29, 0.717) is 5.56 Å². The van der Waals surface area contributed by atoms with Crippen molar-refractivity contribution in [2.45, 2.75) is 13.8 Å². The molecule has 0 radical (unpaired) electrons. The first kappa shape index (κ1) is 10.3. The highest BCUT2D eigenvalue weighted by molar-refractivity contribution is 5.97. The number of azide groups is 1. The fourth-order valence-electron chi connectivity index (χ4n) is 1.10. The summed E-state index contributed by atoms with van der Waals surface area (Å²) in [4.78, 5) is 13.9. The van der Waals surface area contributed by atoms with Crippen LogP contribution in [0.25, 0.3) is 10.4 Å². The van der Waals surface area contributed by atoms with Crippen molar-refractivity contribution >= 4 is 5.78 Å². The molecule has 0 saturated carbocycles. The maximum atomic E-state index is 11.4. The number of carbonyl (C=O) groups excluding carboxylic acids is 1. The predicted molar refractivity (Wildman–Crippen MR) is 54.3 cm³/mol. The Bertz CT molecular complexity index is 406. The quantitative estimate of drug-likeness (QED) is 0.312. The summed E-state index contributed by atoms with van der Waals surface area (Å²) in [5, 5.41) is 3.23. The lowest BCUT2D eigenvalue weighted by Gasteiger charge is -2.02. The monoisotopic (exact) mass is 189 g/mol. The number of aryl methyl sites for hydroxylation is 2. The van der Waals surface area contributed by atoms with E-state index in [1.807, 2.05) is 26.0 Å². The summed E-state index contributed by atoms with van der Waals surface area (Å²) in [5.41, 5.74) is 10.9. The highest BCUT2D eigenvalue weighted by atomic mass is 16.1. The lowest BCUT2D eigenvalue weighted by atomic mass is 10.0. The van der Waals surface area contributed by atoms with Gasteiger partial charge in [0.25, 0.3) is 0 Å². The summed E-state index contributed by atoms with van der Waals surface area (Å²) >= 11 is 0. The Balaban J connectivity index is 2.91. The third-order valence-corrected chi connectivity index (χ3v) is 2.11. The van der Waals surface area contributed by atoms with E-state index < -0.39 is 0 Å². The Labute approximate surface area is 82.2 Å². The fourth-order valence-corrected chi connectivity index (χ4v) is 1.10. The first-order valence-corrected chi connectivity index (χ1v) is 4.26. The van der Waals surface area contributed by atoms with Gasteiger partial charge in [-0.15, -0.1) is 0 Å². The molecule has 1 aromatic rings. The highest BCUT2D eigenvalue weighted by Crippen LogP contribution is 2.10. The van der Waals surface area contributed by atoms with Gasteiger partial charge < -0.3 is 0 Å². The molecule has 1 rings (SSSR count). The van der Waals surface area contributed by atoms with Crippen LogP contribution in [0.5, 0.6) is 0 Å². The summed E-state index contributed by atoms with van der Waals surface area (Å²) in [6.45, 7) is 3.82. The van der Waals surface area contributed by atoms with E-state index in [1.165, 1.54) is 0 Å². The summed E-state index contributed by atoms with van der Waals surface area (Å²) in [7, 11) is 0. The zero-order valence-corrected chi connectivity index (χ0v) is 8.19. The standard InChI is InChI=1S/C10H11N3O/c1-7-3-4-9(5-8(7)2)10(14)6-12-13-11/h3-5H,6H2,1-2H3. The van der Waals surface area contributed by atoms with Gasteiger partial charge in [0.05, 0.1) is 6.54 Å². The Morgan fingerprint density at radius 1 is 1.43 bits per heavy atom. The molecule has 0 saturated heterocycles. The Kier molecular flexibility index (Phi) is 3.26. The van der Waals surface area contributed by atoms with Crippen molar-refractivity contribution in [2.24, 2.45) is 5.11 Å². The lowest BCUT2D eigenvalue weighted by molar-refractivity contribution is 0.100. The van der Waals surface area contributed by atoms with Gasteiger partial charge in [0, 0.05) is 10.5 Å². The zero-order valence-electron chi connectivity index (χ0n) is 8.19. The van der Waals surface area contributed by atoms with Gasteiger partial charge in [-0.3, -0.25) is 4.79 Å². The van der Waals surface area contributed by atoms with Crippen molar-refractivity contribution in [1.29, 1.82) is 0 Å². The molecule has 72 valence electrons. The van der Waals surface area contributed by atoms with Crippen molar-refractivity contribution in [3.63, 3.8) is 0 Å². The van der Waals surface area contributed by atoms with Gasteiger partial charge in [-0.2, -0.15) is 0 Å². The van der Waals surface area contributed by atoms with E-state index in [2.05, 4.69) is 10.0 Å². The second-order valence-electron chi connectivity index (χ2n) is 3.11. The maximum absolute atomic E-state index is 11.4. The number of carbonyl (C=O) groups is 1. The minimum atomic E-state index is -0.147. The second-order valence-corrected chi connectivity index (χ2v) is 3.11. The maximum Gasteiger partial charge on any atom is 0.168 e. The van der Waals surface area contributed by atoms with Gasteiger partial charge in [0.2, 0.25) is 0 Å². The van der Waals surface area contributed by atoms with Crippen LogP contribution >= 0.6 is 0 Å². The average Bonchev–Trinajstić information content (AvgIpc) is 2.18. The smallest absolute Gasteiger partial charge is 0.168 e. The van der Waals surface area contributed by atoms with E-state index >= 15 is 0 Å². The summed E-state index contributed by atoms with van der Waals surface area (Å²) in [6, 6.07) is 5.45. The molecule has 0 heterocycles. The summed E-state index contributed by atoms with van der Waals surface area (Å²) in [6.07, 6.45) is 0. The van der Waals surface area contributed by atoms with Crippen LogP contribution in [0.3, 0.4) is 0 Å². The van der Waals surface area contributed by atoms with Crippen molar-refractivity contribution in [3.8, 4) is 0 Å². The number of nitrogens with zero attached hydrogens (tertiary/aromatic N) is 3. The molecule has 14 heavy (non-hydrogen) atoms. The van der Waals surface area contributed by atoms with E-state index in [0.717, 1.165) is 11.1 Å². The molecule has 0 fully saturated rings. The largest absolute Gasteiger partial charge is 0.294 e. The molecule has 0 atom stereocenters. The van der Waals surface area contributed by atoms with Gasteiger partial charge in [-0.25, -0.2) is 0 Å². The van der Waals surface area contributed by atoms with Crippen LogP contribution in [0.1, 0.15) is 21.5 Å². The zero-order chi connectivity index (χ0) is 10.6. The minimum Gasteiger partial charge on any atom is -0.294 e. The number of rotatable bonds is 3. The number of hydrogen-bond acceptors (Lipinski definition) is 2. The Morgan fingerprint density at radius 2 is 2.14 bits per heavy atom. The van der Waals surface area contributed by atoms with Crippen LogP contribution in [0.4, 0.5) is 0 Å². The lowest BCUT2D eigenvalue weighted by Crippen LogP contribution is -2.03. The molecule has 0 aliphatic rings. The van der Waals surface area contributed by atoms with Crippen LogP contribution in [0.15, 0.2) is 23.3 Å². The van der Waals surface area contributed by atoms with Gasteiger partial charge in [0.15, 0.2) is 5.78 Å². The number of Topliss-reactive ketones (excluding diaryl/α,β-unsaturated/α-hetero) is 1. The third kappa shape index (κ3) is 2.34. The number of benzene rings is 1. The Hall–Kier alpha value is -1.80. The first-order valence-electron chi connectivity index (χ1n) is 4.26. The summed E-state index contributed by atoms with van der Waals surface area (Å²) < 4.78 is 0. The van der Waals surface area contributed by atoms with E-state index in [-0.39, 0.29) is 12.3 Å². The molecule has 4 nitrogen and oxygen atoms in total. The molecule has 0 bridgehead atoms. The van der Waals surface area contributed by atoms with Crippen LogP contribution in [0.2, 0.25) is 0 Å². The molecule has 0 amide bonds. The topological polar surface area (TPSA) is 65.8 Å². The molecule has 0 unspecified atom stereocenters. The molecular formula is C10H11N3O. The van der Waals surface area contributed by atoms with Gasteiger partial charge >= 0.3 is 0 Å².